The van der Waals surface area contributed by atoms with Gasteiger partial charge in [0.15, 0.2) is 0 Å². The Kier molecular flexibility index (Phi) is 4.09. The van der Waals surface area contributed by atoms with E-state index in [2.05, 4.69) is 12.0 Å². The first-order valence-corrected chi connectivity index (χ1v) is 8.00. The van der Waals surface area contributed by atoms with E-state index in [1.165, 1.54) is 4.68 Å². The Hall–Kier alpha value is -2.70. The minimum atomic E-state index is -0.526. The Morgan fingerprint density at radius 2 is 2.08 bits per heavy atom. The van der Waals surface area contributed by atoms with Crippen molar-refractivity contribution >= 4 is 17.3 Å². The molecule has 1 atom stereocenters. The standard InChI is InChI=1S/C17H20N4O3/c1-11-7-6-10-20(14-9-5-4-8-13(11)14)17(22)16-15(21(23)24)12(2)18-19(16)3/h4-5,8-9,11H,6-7,10H2,1-3H3/t11-/m1/s1. The third-order valence-electron chi connectivity index (χ3n) is 4.60. The average molecular weight is 328 g/mol. The first-order chi connectivity index (χ1) is 11.4. The SMILES string of the molecule is Cc1nn(C)c(C(=O)N2CCC[C@@H](C)c3ccccc32)c1[N+](=O)[O-]. The lowest BCUT2D eigenvalue weighted by molar-refractivity contribution is -0.385. The van der Waals surface area contributed by atoms with E-state index in [0.717, 1.165) is 24.1 Å². The van der Waals surface area contributed by atoms with E-state index >= 15 is 0 Å². The van der Waals surface area contributed by atoms with Gasteiger partial charge in [-0.15, -0.1) is 0 Å². The predicted molar refractivity (Wildman–Crippen MR) is 90.4 cm³/mol. The van der Waals surface area contributed by atoms with Gasteiger partial charge >= 0.3 is 5.69 Å². The van der Waals surface area contributed by atoms with Gasteiger partial charge in [-0.25, -0.2) is 0 Å². The van der Waals surface area contributed by atoms with Gasteiger partial charge in [0.05, 0.1) is 4.92 Å². The summed E-state index contributed by atoms with van der Waals surface area (Å²) in [7, 11) is 1.57. The largest absolute Gasteiger partial charge is 0.322 e. The van der Waals surface area contributed by atoms with Gasteiger partial charge in [0.1, 0.15) is 5.69 Å². The Balaban J connectivity index is 2.11. The van der Waals surface area contributed by atoms with Crippen LogP contribution in [0.15, 0.2) is 24.3 Å². The molecule has 3 rings (SSSR count). The van der Waals surface area contributed by atoms with Gasteiger partial charge < -0.3 is 4.90 Å². The number of aromatic nitrogens is 2. The van der Waals surface area contributed by atoms with Crippen LogP contribution in [0, 0.1) is 17.0 Å². The van der Waals surface area contributed by atoms with Crippen molar-refractivity contribution in [3.63, 3.8) is 0 Å². The second-order valence-electron chi connectivity index (χ2n) is 6.22. The van der Waals surface area contributed by atoms with Crippen LogP contribution in [0.4, 0.5) is 11.4 Å². The quantitative estimate of drug-likeness (QED) is 0.626. The molecule has 24 heavy (non-hydrogen) atoms. The molecule has 1 aliphatic rings. The number of amides is 1. The fourth-order valence-electron chi connectivity index (χ4n) is 3.43. The molecule has 1 aromatic carbocycles. The number of nitro groups is 1. The zero-order chi connectivity index (χ0) is 17.4. The van der Waals surface area contributed by atoms with Crippen LogP contribution in [0.1, 0.15) is 47.4 Å². The van der Waals surface area contributed by atoms with Crippen molar-refractivity contribution in [2.75, 3.05) is 11.4 Å². The number of para-hydroxylation sites is 1. The Morgan fingerprint density at radius 3 is 2.79 bits per heavy atom. The van der Waals surface area contributed by atoms with E-state index in [1.807, 2.05) is 24.3 Å². The lowest BCUT2D eigenvalue weighted by Crippen LogP contribution is -2.33. The fourth-order valence-corrected chi connectivity index (χ4v) is 3.43. The third-order valence-corrected chi connectivity index (χ3v) is 4.60. The second-order valence-corrected chi connectivity index (χ2v) is 6.22. The third kappa shape index (κ3) is 2.55. The van der Waals surface area contributed by atoms with Crippen LogP contribution in [0.5, 0.6) is 0 Å². The van der Waals surface area contributed by atoms with E-state index in [9.17, 15) is 14.9 Å². The molecule has 7 heteroatoms. The molecule has 0 bridgehead atoms. The molecule has 0 spiro atoms. The highest BCUT2D eigenvalue weighted by molar-refractivity contribution is 6.08. The number of aryl methyl sites for hydroxylation is 2. The Bertz CT molecular complexity index is 812. The van der Waals surface area contributed by atoms with Crippen molar-refractivity contribution in [2.24, 2.45) is 7.05 Å². The summed E-state index contributed by atoms with van der Waals surface area (Å²) in [5, 5.41) is 15.5. The van der Waals surface area contributed by atoms with E-state index < -0.39 is 4.92 Å². The van der Waals surface area contributed by atoms with Gasteiger partial charge in [0.2, 0.25) is 5.69 Å². The summed E-state index contributed by atoms with van der Waals surface area (Å²) in [5.74, 6) is -0.0198. The predicted octanol–water partition coefficient (Wildman–Crippen LogP) is 3.18. The minimum Gasteiger partial charge on any atom is -0.307 e. The summed E-state index contributed by atoms with van der Waals surface area (Å²) >= 11 is 0. The highest BCUT2D eigenvalue weighted by Gasteiger charge is 2.34. The number of hydrogen-bond donors (Lipinski definition) is 0. The first kappa shape index (κ1) is 16.2. The monoisotopic (exact) mass is 328 g/mol. The molecule has 126 valence electrons. The molecule has 0 saturated carbocycles. The number of rotatable bonds is 2. The van der Waals surface area contributed by atoms with Crippen LogP contribution < -0.4 is 4.90 Å². The highest BCUT2D eigenvalue weighted by atomic mass is 16.6. The van der Waals surface area contributed by atoms with Crippen LogP contribution in [0.2, 0.25) is 0 Å². The molecule has 1 amide bonds. The second kappa shape index (κ2) is 6.07. The number of hydrogen-bond acceptors (Lipinski definition) is 4. The number of nitrogens with zero attached hydrogens (tertiary/aromatic N) is 4. The number of fused-ring (bicyclic) bond motifs is 1. The first-order valence-electron chi connectivity index (χ1n) is 8.00. The minimum absolute atomic E-state index is 0.0295. The van der Waals surface area contributed by atoms with Crippen molar-refractivity contribution in [3.05, 3.63) is 51.3 Å². The molecule has 7 nitrogen and oxygen atoms in total. The van der Waals surface area contributed by atoms with Gasteiger partial charge in [-0.1, -0.05) is 25.1 Å². The van der Waals surface area contributed by atoms with Gasteiger partial charge in [-0.3, -0.25) is 19.6 Å². The molecule has 0 fully saturated rings. The van der Waals surface area contributed by atoms with Gasteiger partial charge in [-0.2, -0.15) is 5.10 Å². The fraction of sp³-hybridized carbons (Fsp3) is 0.412. The maximum atomic E-state index is 13.1. The van der Waals surface area contributed by atoms with Crippen molar-refractivity contribution in [3.8, 4) is 0 Å². The highest BCUT2D eigenvalue weighted by Crippen LogP contribution is 2.35. The lowest BCUT2D eigenvalue weighted by Gasteiger charge is -2.23. The van der Waals surface area contributed by atoms with E-state index in [0.29, 0.717) is 12.5 Å². The maximum Gasteiger partial charge on any atom is 0.322 e. The van der Waals surface area contributed by atoms with E-state index in [1.54, 1.807) is 18.9 Å². The number of benzene rings is 1. The van der Waals surface area contributed by atoms with E-state index in [-0.39, 0.29) is 23.0 Å². The van der Waals surface area contributed by atoms with Crippen LogP contribution in [-0.2, 0) is 7.05 Å². The summed E-state index contributed by atoms with van der Waals surface area (Å²) in [4.78, 5) is 25.7. The zero-order valence-corrected chi connectivity index (χ0v) is 14.0. The summed E-state index contributed by atoms with van der Waals surface area (Å²) in [6, 6.07) is 7.78. The molecule has 0 aliphatic carbocycles. The molecule has 1 aromatic heterocycles. The normalized spacial score (nSPS) is 17.3. The Morgan fingerprint density at radius 1 is 1.38 bits per heavy atom. The smallest absolute Gasteiger partial charge is 0.307 e. The van der Waals surface area contributed by atoms with Gasteiger partial charge in [-0.05, 0) is 37.3 Å². The summed E-state index contributed by atoms with van der Waals surface area (Å²) in [6.07, 6.45) is 1.83. The summed E-state index contributed by atoms with van der Waals surface area (Å²) < 4.78 is 1.31. The molecular weight excluding hydrogens is 308 g/mol. The summed E-state index contributed by atoms with van der Waals surface area (Å²) in [5.41, 5.74) is 2.01. The molecule has 2 heterocycles. The van der Waals surface area contributed by atoms with E-state index in [4.69, 9.17) is 0 Å². The zero-order valence-electron chi connectivity index (χ0n) is 14.0. The van der Waals surface area contributed by atoms with Crippen molar-refractivity contribution < 1.29 is 9.72 Å². The molecule has 0 radical (unpaired) electrons. The molecule has 0 N–H and O–H groups in total. The summed E-state index contributed by atoms with van der Waals surface area (Å²) in [6.45, 7) is 4.23. The Labute approximate surface area is 140 Å². The number of anilines is 1. The van der Waals surface area contributed by atoms with Crippen LogP contribution in [-0.4, -0.2) is 27.2 Å². The van der Waals surface area contributed by atoms with Gasteiger partial charge in [0.25, 0.3) is 5.91 Å². The molecular formula is C17H20N4O3. The van der Waals surface area contributed by atoms with Gasteiger partial charge in [0, 0.05) is 19.3 Å². The van der Waals surface area contributed by atoms with Crippen molar-refractivity contribution in [1.82, 2.24) is 9.78 Å². The molecule has 1 aliphatic heterocycles. The maximum absolute atomic E-state index is 13.1. The molecule has 0 unspecified atom stereocenters. The molecule has 0 saturated heterocycles. The van der Waals surface area contributed by atoms with Crippen LogP contribution in [0.3, 0.4) is 0 Å². The van der Waals surface area contributed by atoms with Crippen LogP contribution >= 0.6 is 0 Å². The topological polar surface area (TPSA) is 81.3 Å². The molecule has 2 aromatic rings. The number of carbonyl (C=O) groups is 1. The number of carbonyl (C=O) groups excluding carboxylic acids is 1. The van der Waals surface area contributed by atoms with Crippen LogP contribution in [0.25, 0.3) is 0 Å². The van der Waals surface area contributed by atoms with Crippen molar-refractivity contribution in [1.29, 1.82) is 0 Å². The van der Waals surface area contributed by atoms with Crippen molar-refractivity contribution in [2.45, 2.75) is 32.6 Å². The average Bonchev–Trinajstić information content (AvgIpc) is 2.74. The lowest BCUT2D eigenvalue weighted by atomic mass is 9.96.